The van der Waals surface area contributed by atoms with Crippen LogP contribution < -0.4 is 0 Å². The lowest BCUT2D eigenvalue weighted by Crippen LogP contribution is -2.62. The van der Waals surface area contributed by atoms with Crippen molar-refractivity contribution in [1.29, 1.82) is 0 Å². The molecule has 1 N–H and O–H groups in total. The van der Waals surface area contributed by atoms with Crippen LogP contribution in [0.15, 0.2) is 65.8 Å². The van der Waals surface area contributed by atoms with Gasteiger partial charge in [-0.15, -0.1) is 12.3 Å². The summed E-state index contributed by atoms with van der Waals surface area (Å²) in [6, 6.07) is 18.6. The van der Waals surface area contributed by atoms with Gasteiger partial charge >= 0.3 is 5.97 Å². The van der Waals surface area contributed by atoms with Gasteiger partial charge in [-0.2, -0.15) is 0 Å². The number of terminal acetylenes is 1. The summed E-state index contributed by atoms with van der Waals surface area (Å²) in [7, 11) is 0. The van der Waals surface area contributed by atoms with Crippen molar-refractivity contribution in [3.8, 4) is 12.3 Å². The normalized spacial score (nSPS) is 35.9. The maximum atomic E-state index is 12.1. The Morgan fingerprint density at radius 3 is 1.98 bits per heavy atom. The number of esters is 1. The SMILES string of the molecule is C#CCCCO[C@@H]1OC(C)[C@@H](O[C@@H]2OC(COC(C)=O)[C@@H](O[C@@H]3OC(C)[C@@H](O)[C@@H](OCc4ccccc4)C3C)[C@H](C)C2N=[N+]=[N-])[C@@H](OCc2ccccc2)C1C. The maximum Gasteiger partial charge on any atom is 0.302 e. The molecule has 14 heteroatoms. The van der Waals surface area contributed by atoms with Crippen molar-refractivity contribution in [3.05, 3.63) is 82.2 Å². The molecule has 3 aliphatic rings. The number of carbonyl (C=O) groups is 1. The number of rotatable bonds is 17. The molecule has 0 bridgehead atoms. The van der Waals surface area contributed by atoms with Crippen LogP contribution in [0.3, 0.4) is 0 Å². The number of nitrogens with zero attached hydrogens (tertiary/aromatic N) is 3. The molecule has 0 radical (unpaired) electrons. The van der Waals surface area contributed by atoms with Gasteiger partial charge in [0.25, 0.3) is 0 Å². The molecular formula is C42H57N3O11. The lowest BCUT2D eigenvalue weighted by Gasteiger charge is -2.50. The molecule has 14 nitrogen and oxygen atoms in total. The average molecular weight is 780 g/mol. The second-order valence-electron chi connectivity index (χ2n) is 14.9. The van der Waals surface area contributed by atoms with Crippen LogP contribution in [0.2, 0.25) is 0 Å². The van der Waals surface area contributed by atoms with Gasteiger partial charge in [0.15, 0.2) is 18.9 Å². The molecule has 0 spiro atoms. The van der Waals surface area contributed by atoms with E-state index in [-0.39, 0.29) is 12.5 Å². The number of carbonyl (C=O) groups excluding carboxylic acids is 1. The minimum atomic E-state index is -1.10. The van der Waals surface area contributed by atoms with Crippen LogP contribution in [0.4, 0.5) is 0 Å². The summed E-state index contributed by atoms with van der Waals surface area (Å²) in [5.74, 6) is 0.892. The van der Waals surface area contributed by atoms with E-state index in [1.165, 1.54) is 6.92 Å². The predicted octanol–water partition coefficient (Wildman–Crippen LogP) is 6.08. The largest absolute Gasteiger partial charge is 0.463 e. The quantitative estimate of drug-likeness (QED) is 0.0493. The Hall–Kier alpha value is -3.58. The highest BCUT2D eigenvalue weighted by Crippen LogP contribution is 2.39. The zero-order chi connectivity index (χ0) is 40.2. The third-order valence-electron chi connectivity index (χ3n) is 10.7. The van der Waals surface area contributed by atoms with Gasteiger partial charge < -0.3 is 47.7 Å². The first kappa shape index (κ1) is 43.5. The summed E-state index contributed by atoms with van der Waals surface area (Å²) in [4.78, 5) is 15.3. The first-order valence-electron chi connectivity index (χ1n) is 19.5. The van der Waals surface area contributed by atoms with E-state index in [9.17, 15) is 15.4 Å². The standard InChI is InChI=1S/C42H57N3O11/c1-8-9-16-21-48-40-27(4)38(51-23-32-19-14-11-15-20-32)39(29(6)53-40)56-42-34(44-45-43)25(2)36(33(54-42)24-49-30(7)46)55-41-26(3)37(35(47)28(5)52-41)50-22-31-17-12-10-13-18-31/h1,10-15,17-20,25-29,33-42,47H,9,16,21-24H2,2-7H3/t25-,26?,27?,28?,29?,33?,34?,35-,36+,37+,38+,39-,40-,41+,42+/m1/s1. The van der Waals surface area contributed by atoms with E-state index in [0.717, 1.165) is 11.1 Å². The second kappa shape index (κ2) is 21.3. The molecule has 6 unspecified atom stereocenters. The number of ether oxygens (including phenoxy) is 9. The van der Waals surface area contributed by atoms with Gasteiger partial charge in [-0.3, -0.25) is 4.79 Å². The minimum absolute atomic E-state index is 0.172. The van der Waals surface area contributed by atoms with Crippen LogP contribution in [-0.2, 0) is 60.6 Å². The summed E-state index contributed by atoms with van der Waals surface area (Å²) in [6.45, 7) is 11.5. The number of unbranched alkanes of at least 4 members (excludes halogenated alkanes) is 1. The molecule has 2 aromatic rings. The highest BCUT2D eigenvalue weighted by atomic mass is 16.7. The van der Waals surface area contributed by atoms with E-state index in [1.807, 2.05) is 88.4 Å². The number of hydrogen-bond donors (Lipinski definition) is 1. The van der Waals surface area contributed by atoms with Crippen LogP contribution in [0, 0.1) is 30.1 Å². The highest BCUT2D eigenvalue weighted by Gasteiger charge is 2.52. The second-order valence-corrected chi connectivity index (χ2v) is 14.9. The van der Waals surface area contributed by atoms with Crippen molar-refractivity contribution in [2.45, 2.75) is 141 Å². The maximum absolute atomic E-state index is 12.1. The summed E-state index contributed by atoms with van der Waals surface area (Å²) in [6.07, 6.45) is -1.38. The van der Waals surface area contributed by atoms with Gasteiger partial charge in [0.2, 0.25) is 0 Å². The Kier molecular flexibility index (Phi) is 16.5. The fraction of sp³-hybridized carbons (Fsp3) is 0.643. The molecule has 5 rings (SSSR count). The van der Waals surface area contributed by atoms with Crippen LogP contribution in [0.1, 0.15) is 65.5 Å². The van der Waals surface area contributed by atoms with Crippen LogP contribution in [0.5, 0.6) is 0 Å². The van der Waals surface area contributed by atoms with Crippen molar-refractivity contribution in [3.63, 3.8) is 0 Å². The third kappa shape index (κ3) is 11.3. The van der Waals surface area contributed by atoms with Crippen molar-refractivity contribution < 1.29 is 52.5 Å². The third-order valence-corrected chi connectivity index (χ3v) is 10.7. The molecule has 0 aromatic heterocycles. The minimum Gasteiger partial charge on any atom is -0.463 e. The van der Waals surface area contributed by atoms with E-state index in [0.29, 0.717) is 32.7 Å². The van der Waals surface area contributed by atoms with Crippen LogP contribution in [-0.4, -0.2) is 98.0 Å². The number of hydrogen-bond acceptors (Lipinski definition) is 12. The van der Waals surface area contributed by atoms with E-state index in [1.54, 1.807) is 6.92 Å². The zero-order valence-electron chi connectivity index (χ0n) is 33.1. The smallest absolute Gasteiger partial charge is 0.302 e. The first-order valence-corrected chi connectivity index (χ1v) is 19.5. The molecular weight excluding hydrogens is 722 g/mol. The summed E-state index contributed by atoms with van der Waals surface area (Å²) >= 11 is 0. The highest BCUT2D eigenvalue weighted by molar-refractivity contribution is 5.65. The number of benzene rings is 2. The van der Waals surface area contributed by atoms with E-state index in [4.69, 9.17) is 49.1 Å². The van der Waals surface area contributed by atoms with Gasteiger partial charge in [-0.25, -0.2) is 0 Å². The Bertz CT molecular complexity index is 1590. The monoisotopic (exact) mass is 779 g/mol. The Morgan fingerprint density at radius 2 is 1.38 bits per heavy atom. The fourth-order valence-corrected chi connectivity index (χ4v) is 7.52. The van der Waals surface area contributed by atoms with Crippen molar-refractivity contribution in [2.75, 3.05) is 13.2 Å². The van der Waals surface area contributed by atoms with Gasteiger partial charge in [0.1, 0.15) is 24.9 Å². The summed E-state index contributed by atoms with van der Waals surface area (Å²) < 4.78 is 57.1. The lowest BCUT2D eigenvalue weighted by molar-refractivity contribution is -0.352. The zero-order valence-corrected chi connectivity index (χ0v) is 33.1. The average Bonchev–Trinajstić information content (AvgIpc) is 3.19. The Labute approximate surface area is 330 Å². The molecule has 3 fully saturated rings. The van der Waals surface area contributed by atoms with E-state index >= 15 is 0 Å². The van der Waals surface area contributed by atoms with E-state index < -0.39 is 91.5 Å². The lowest BCUT2D eigenvalue weighted by atomic mass is 9.87. The molecule has 2 aromatic carbocycles. The molecule has 306 valence electrons. The predicted molar refractivity (Wildman–Crippen MR) is 204 cm³/mol. The number of azide groups is 1. The van der Waals surface area contributed by atoms with Gasteiger partial charge in [-0.05, 0) is 42.8 Å². The van der Waals surface area contributed by atoms with E-state index in [2.05, 4.69) is 15.9 Å². The van der Waals surface area contributed by atoms with Gasteiger partial charge in [-0.1, -0.05) is 86.5 Å². The number of aliphatic hydroxyl groups excluding tert-OH is 1. The molecule has 56 heavy (non-hydrogen) atoms. The van der Waals surface area contributed by atoms with Crippen LogP contribution in [0.25, 0.3) is 10.4 Å². The molecule has 3 saturated heterocycles. The molecule has 0 aliphatic carbocycles. The van der Waals surface area contributed by atoms with Crippen molar-refractivity contribution >= 4 is 5.97 Å². The molecule has 15 atom stereocenters. The van der Waals surface area contributed by atoms with Gasteiger partial charge in [0, 0.05) is 30.1 Å². The summed E-state index contributed by atoms with van der Waals surface area (Å²) in [5.41, 5.74) is 11.7. The molecule has 3 aliphatic heterocycles. The Balaban J connectivity index is 1.37. The first-order chi connectivity index (χ1) is 27.0. The Morgan fingerprint density at radius 1 is 0.786 bits per heavy atom. The van der Waals surface area contributed by atoms with Gasteiger partial charge in [0.05, 0.1) is 56.4 Å². The molecule has 0 saturated carbocycles. The van der Waals surface area contributed by atoms with Crippen LogP contribution >= 0.6 is 0 Å². The summed E-state index contributed by atoms with van der Waals surface area (Å²) in [5, 5.41) is 15.3. The van der Waals surface area contributed by atoms with Crippen molar-refractivity contribution in [1.82, 2.24) is 0 Å². The molecule has 0 amide bonds. The van der Waals surface area contributed by atoms with Crippen molar-refractivity contribution in [2.24, 2.45) is 22.9 Å². The number of aliphatic hydroxyl groups is 1. The topological polar surface area (TPSA) is 169 Å². The molecule has 3 heterocycles. The fourth-order valence-electron chi connectivity index (χ4n) is 7.52.